The van der Waals surface area contributed by atoms with Crippen LogP contribution in [0.15, 0.2) is 85.6 Å². The van der Waals surface area contributed by atoms with Gasteiger partial charge in [0, 0.05) is 18.1 Å². The molecule has 0 aliphatic heterocycles. The van der Waals surface area contributed by atoms with Crippen molar-refractivity contribution in [1.82, 2.24) is 15.2 Å². The number of amides is 2. The number of carbonyl (C=O) groups is 2. The maximum atomic E-state index is 12.3. The SMILES string of the molecule is C/C(=N/NC(=O)c1ccc(Cn2cccn2)o1)c1ccc(NC(=O)c2ccc(Br)o2)cc1. The molecule has 2 N–H and O–H groups in total. The molecule has 9 nitrogen and oxygen atoms in total. The normalized spacial score (nSPS) is 11.4. The zero-order valence-electron chi connectivity index (χ0n) is 16.9. The van der Waals surface area contributed by atoms with Crippen molar-refractivity contribution < 1.29 is 18.4 Å². The van der Waals surface area contributed by atoms with E-state index in [0.717, 1.165) is 5.56 Å². The first-order chi connectivity index (χ1) is 15.5. The predicted molar refractivity (Wildman–Crippen MR) is 121 cm³/mol. The van der Waals surface area contributed by atoms with E-state index >= 15 is 0 Å². The first kappa shape index (κ1) is 21.3. The molecule has 4 aromatic rings. The number of benzene rings is 1. The monoisotopic (exact) mass is 495 g/mol. The number of hydrogen-bond donors (Lipinski definition) is 2. The van der Waals surface area contributed by atoms with Gasteiger partial charge in [0.15, 0.2) is 16.2 Å². The number of hydrogen-bond acceptors (Lipinski definition) is 6. The van der Waals surface area contributed by atoms with Crippen molar-refractivity contribution in [2.75, 3.05) is 5.32 Å². The van der Waals surface area contributed by atoms with Crippen LogP contribution in [0.5, 0.6) is 0 Å². The Hall–Kier alpha value is -3.92. The molecule has 3 heterocycles. The molecule has 0 bridgehead atoms. The second-order valence-corrected chi connectivity index (χ2v) is 7.52. The molecule has 0 fully saturated rings. The molecule has 0 spiro atoms. The molecular formula is C22H18BrN5O4. The highest BCUT2D eigenvalue weighted by atomic mass is 79.9. The van der Waals surface area contributed by atoms with Crippen LogP contribution in [-0.2, 0) is 6.54 Å². The Morgan fingerprint density at radius 1 is 1.03 bits per heavy atom. The number of nitrogens with zero attached hydrogens (tertiary/aromatic N) is 3. The zero-order valence-corrected chi connectivity index (χ0v) is 18.5. The highest BCUT2D eigenvalue weighted by Gasteiger charge is 2.12. The quantitative estimate of drug-likeness (QED) is 0.293. The van der Waals surface area contributed by atoms with Gasteiger partial charge in [-0.1, -0.05) is 12.1 Å². The molecule has 3 aromatic heterocycles. The summed E-state index contributed by atoms with van der Waals surface area (Å²) in [5.41, 5.74) is 4.46. The number of hydrazone groups is 1. The van der Waals surface area contributed by atoms with E-state index < -0.39 is 5.91 Å². The molecule has 10 heteroatoms. The van der Waals surface area contributed by atoms with Crippen LogP contribution < -0.4 is 10.7 Å². The van der Waals surface area contributed by atoms with E-state index in [2.05, 4.69) is 36.9 Å². The fraction of sp³-hybridized carbons (Fsp3) is 0.0909. The molecule has 0 saturated carbocycles. The van der Waals surface area contributed by atoms with E-state index in [9.17, 15) is 9.59 Å². The molecule has 0 unspecified atom stereocenters. The molecule has 0 aliphatic carbocycles. The average Bonchev–Trinajstić information content (AvgIpc) is 3.55. The third-order valence-electron chi connectivity index (χ3n) is 4.45. The van der Waals surface area contributed by atoms with E-state index in [0.29, 0.717) is 28.4 Å². The summed E-state index contributed by atoms with van der Waals surface area (Å²) in [5.74, 6) is 0.161. The lowest BCUT2D eigenvalue weighted by atomic mass is 10.1. The number of carbonyl (C=O) groups excluding carboxylic acids is 2. The van der Waals surface area contributed by atoms with Crippen molar-refractivity contribution in [1.29, 1.82) is 0 Å². The van der Waals surface area contributed by atoms with Crippen LogP contribution in [0, 0.1) is 0 Å². The van der Waals surface area contributed by atoms with Crippen LogP contribution in [0.3, 0.4) is 0 Å². The highest BCUT2D eigenvalue weighted by Crippen LogP contribution is 2.17. The average molecular weight is 496 g/mol. The van der Waals surface area contributed by atoms with Crippen molar-refractivity contribution in [2.45, 2.75) is 13.5 Å². The lowest BCUT2D eigenvalue weighted by Crippen LogP contribution is -2.18. The van der Waals surface area contributed by atoms with Crippen LogP contribution in [-0.4, -0.2) is 27.3 Å². The maximum absolute atomic E-state index is 12.3. The summed E-state index contributed by atoms with van der Waals surface area (Å²) < 4.78 is 13.0. The number of anilines is 1. The molecule has 1 aromatic carbocycles. The Morgan fingerprint density at radius 2 is 1.78 bits per heavy atom. The number of aromatic nitrogens is 2. The van der Waals surface area contributed by atoms with E-state index in [4.69, 9.17) is 8.83 Å². The molecule has 0 atom stereocenters. The van der Waals surface area contributed by atoms with Gasteiger partial charge in [-0.25, -0.2) is 5.43 Å². The van der Waals surface area contributed by atoms with Gasteiger partial charge in [-0.3, -0.25) is 14.3 Å². The lowest BCUT2D eigenvalue weighted by Gasteiger charge is -2.06. The summed E-state index contributed by atoms with van der Waals surface area (Å²) >= 11 is 3.16. The largest absolute Gasteiger partial charge is 0.454 e. The topological polar surface area (TPSA) is 115 Å². The second-order valence-electron chi connectivity index (χ2n) is 6.74. The van der Waals surface area contributed by atoms with Crippen molar-refractivity contribution >= 4 is 39.1 Å². The number of nitrogens with one attached hydrogen (secondary N) is 2. The third-order valence-corrected chi connectivity index (χ3v) is 4.87. The van der Waals surface area contributed by atoms with E-state index in [-0.39, 0.29) is 17.4 Å². The van der Waals surface area contributed by atoms with Gasteiger partial charge in [0.25, 0.3) is 5.91 Å². The Kier molecular flexibility index (Phi) is 6.31. The summed E-state index contributed by atoms with van der Waals surface area (Å²) in [5, 5.41) is 11.0. The summed E-state index contributed by atoms with van der Waals surface area (Å²) in [6.45, 7) is 2.20. The predicted octanol–water partition coefficient (Wildman–Crippen LogP) is 4.29. The molecule has 2 amide bonds. The van der Waals surface area contributed by atoms with Crippen LogP contribution in [0.25, 0.3) is 0 Å². The molecule has 0 aliphatic rings. The van der Waals surface area contributed by atoms with Crippen LogP contribution in [0.2, 0.25) is 0 Å². The van der Waals surface area contributed by atoms with Gasteiger partial charge in [0.05, 0.1) is 12.3 Å². The number of halogens is 1. The smallest absolute Gasteiger partial charge is 0.307 e. The standard InChI is InChI=1S/C22H18BrN5O4/c1-14(15-3-5-16(6-4-15)25-21(29)18-9-10-20(23)32-18)26-27-22(30)19-8-7-17(31-19)13-28-12-2-11-24-28/h2-12H,13H2,1H3,(H,25,29)(H,27,30)/b26-14-. The molecule has 0 saturated heterocycles. The second kappa shape index (κ2) is 9.48. The van der Waals surface area contributed by atoms with Gasteiger partial charge in [0.2, 0.25) is 0 Å². The van der Waals surface area contributed by atoms with Crippen LogP contribution in [0.1, 0.15) is 39.4 Å². The summed E-state index contributed by atoms with van der Waals surface area (Å²) in [6.07, 6.45) is 3.48. The van der Waals surface area contributed by atoms with E-state index in [1.165, 1.54) is 0 Å². The molecule has 4 rings (SSSR count). The zero-order chi connectivity index (χ0) is 22.5. The van der Waals surface area contributed by atoms with Gasteiger partial charge >= 0.3 is 5.91 Å². The van der Waals surface area contributed by atoms with Gasteiger partial charge in [-0.15, -0.1) is 0 Å². The third kappa shape index (κ3) is 5.22. The minimum atomic E-state index is -0.454. The van der Waals surface area contributed by atoms with Crippen molar-refractivity contribution in [2.24, 2.45) is 5.10 Å². The Balaban J connectivity index is 1.34. The highest BCUT2D eigenvalue weighted by molar-refractivity contribution is 9.10. The summed E-state index contributed by atoms with van der Waals surface area (Å²) in [4.78, 5) is 24.5. The van der Waals surface area contributed by atoms with Crippen molar-refractivity contribution in [3.8, 4) is 0 Å². The van der Waals surface area contributed by atoms with Gasteiger partial charge in [-0.2, -0.15) is 10.2 Å². The molecule has 32 heavy (non-hydrogen) atoms. The first-order valence-corrected chi connectivity index (χ1v) is 10.3. The van der Waals surface area contributed by atoms with Gasteiger partial charge in [-0.05, 0) is 70.9 Å². The molecule has 0 radical (unpaired) electrons. The fourth-order valence-corrected chi connectivity index (χ4v) is 3.12. The minimum absolute atomic E-state index is 0.159. The maximum Gasteiger partial charge on any atom is 0.307 e. The first-order valence-electron chi connectivity index (χ1n) is 9.56. The van der Waals surface area contributed by atoms with Gasteiger partial charge < -0.3 is 14.2 Å². The number of furan rings is 2. The number of rotatable bonds is 7. The van der Waals surface area contributed by atoms with Crippen molar-refractivity contribution in [3.63, 3.8) is 0 Å². The van der Waals surface area contributed by atoms with Gasteiger partial charge in [0.1, 0.15) is 5.76 Å². The summed E-state index contributed by atoms with van der Waals surface area (Å²) in [6, 6.07) is 15.4. The molecule has 162 valence electrons. The Labute approximate surface area is 191 Å². The molecular weight excluding hydrogens is 478 g/mol. The van der Waals surface area contributed by atoms with Crippen molar-refractivity contribution in [3.05, 3.63) is 94.5 Å². The van der Waals surface area contributed by atoms with E-state index in [1.54, 1.807) is 66.3 Å². The van der Waals surface area contributed by atoms with E-state index in [1.807, 2.05) is 12.3 Å². The summed E-state index contributed by atoms with van der Waals surface area (Å²) in [7, 11) is 0. The van der Waals surface area contributed by atoms with Crippen LogP contribution >= 0.6 is 15.9 Å². The Morgan fingerprint density at radius 3 is 2.47 bits per heavy atom. The minimum Gasteiger partial charge on any atom is -0.454 e. The van der Waals surface area contributed by atoms with Crippen LogP contribution in [0.4, 0.5) is 5.69 Å². The lowest BCUT2D eigenvalue weighted by molar-refractivity contribution is 0.0924. The fourth-order valence-electron chi connectivity index (χ4n) is 2.82. The Bertz CT molecular complexity index is 1260.